The van der Waals surface area contributed by atoms with E-state index in [0.29, 0.717) is 41.5 Å². The van der Waals surface area contributed by atoms with Crippen LogP contribution in [0.1, 0.15) is 146 Å². The summed E-state index contributed by atoms with van der Waals surface area (Å²) in [5.41, 5.74) is 22.7. The minimum absolute atomic E-state index is 0.00459. The van der Waals surface area contributed by atoms with Gasteiger partial charge in [-0.15, -0.1) is 0 Å². The van der Waals surface area contributed by atoms with Crippen LogP contribution < -0.4 is 49.1 Å². The van der Waals surface area contributed by atoms with Gasteiger partial charge in [-0.1, -0.05) is 72.4 Å². The number of nitrogens with two attached hydrogens (primary N) is 3. The maximum absolute atomic E-state index is 13.4. The number of hydrogen-bond acceptors (Lipinski definition) is 12. The molecule has 5 aliphatic rings. The van der Waals surface area contributed by atoms with E-state index < -0.39 is 16.2 Å². The lowest BCUT2D eigenvalue weighted by molar-refractivity contribution is -0.127. The Kier molecular flexibility index (Phi) is 25.5. The largest absolute Gasteiger partial charge is 0.354 e. The number of aromatic nitrogens is 3. The van der Waals surface area contributed by atoms with E-state index in [4.69, 9.17) is 40.4 Å². The number of carbonyl (C=O) groups excluding carboxylic acids is 6. The standard InChI is InChI=1S/C26H33FN4O2.C24H29ClN4O2.C24H31ClN4O2/c27-21-9-7-20(8-10-21)26(13-1-2-14-26)25(33)30-17-23(28)18-3-5-19(6-4-18)24(32)31-22-11-15-29-16-12-22;25-19-7-5-18(6-8-19)24(11-12-24)23(31)28-15-21(26)16-1-3-17(4-2-16)22(30)29-20-9-13-27-14-10-20;1-24(2,18-7-9-19(25)10-8-18)23(31)28-15-21(26)16-3-5-17(6-4-16)22(30)29-20-11-13-27-14-12-20/h7-12,15-16,18-19,23H,1-6,13-14,17,28H2,(H,30,33)(H,29,31,32);5-10,13-14,16-17,21H,1-4,11-12,15,26H2,(H,28,31)(H,27,29,30);7-14,16-17,21H,3-6,15,26H2,1-2H3,(H,28,31)(H,27,29,30). The highest BCUT2D eigenvalue weighted by Gasteiger charge is 2.51. The van der Waals surface area contributed by atoms with Crippen molar-refractivity contribution in [3.05, 3.63) is 179 Å². The zero-order valence-electron chi connectivity index (χ0n) is 54.6. The first-order valence-electron chi connectivity index (χ1n) is 33.8. The maximum atomic E-state index is 13.4. The summed E-state index contributed by atoms with van der Waals surface area (Å²) in [6.07, 6.45) is 25.3. The Hall–Kier alpha value is -7.68. The fourth-order valence-electron chi connectivity index (χ4n) is 14.1. The zero-order valence-corrected chi connectivity index (χ0v) is 56.1. The van der Waals surface area contributed by atoms with E-state index in [9.17, 15) is 33.2 Å². The predicted molar refractivity (Wildman–Crippen MR) is 371 cm³/mol. The van der Waals surface area contributed by atoms with Crippen molar-refractivity contribution in [2.24, 2.45) is 52.7 Å². The summed E-state index contributed by atoms with van der Waals surface area (Å²) < 4.78 is 13.4. The van der Waals surface area contributed by atoms with Crippen molar-refractivity contribution < 1.29 is 33.2 Å². The third-order valence-electron chi connectivity index (χ3n) is 20.6. The lowest BCUT2D eigenvalue weighted by atomic mass is 9.77. The smallest absolute Gasteiger partial charge is 0.230 e. The van der Waals surface area contributed by atoms with E-state index in [-0.39, 0.29) is 83.1 Å². The third kappa shape index (κ3) is 19.5. The van der Waals surface area contributed by atoms with Crippen molar-refractivity contribution in [1.82, 2.24) is 30.9 Å². The molecule has 18 nitrogen and oxygen atoms in total. The molecule has 0 bridgehead atoms. The van der Waals surface area contributed by atoms with Gasteiger partial charge in [0.15, 0.2) is 0 Å². The van der Waals surface area contributed by atoms with Gasteiger partial charge in [-0.05, 0) is 224 Å². The molecule has 21 heteroatoms. The molecule has 3 unspecified atom stereocenters. The molecular formula is C74H93Cl2FN12O6. The molecule has 3 aromatic carbocycles. The summed E-state index contributed by atoms with van der Waals surface area (Å²) >= 11 is 11.9. The van der Waals surface area contributed by atoms with Crippen LogP contribution in [0.4, 0.5) is 21.5 Å². The van der Waals surface area contributed by atoms with Gasteiger partial charge >= 0.3 is 0 Å². The molecule has 6 aromatic rings. The summed E-state index contributed by atoms with van der Waals surface area (Å²) in [6, 6.07) is 31.5. The summed E-state index contributed by atoms with van der Waals surface area (Å²) in [6.45, 7) is 5.09. The van der Waals surface area contributed by atoms with Gasteiger partial charge in [0.1, 0.15) is 5.82 Å². The lowest BCUT2D eigenvalue weighted by Gasteiger charge is -2.33. The molecule has 506 valence electrons. The van der Waals surface area contributed by atoms with E-state index in [1.807, 2.05) is 50.2 Å². The van der Waals surface area contributed by atoms with E-state index in [0.717, 1.165) is 149 Å². The van der Waals surface area contributed by atoms with Gasteiger partial charge in [-0.25, -0.2) is 4.39 Å². The Morgan fingerprint density at radius 3 is 1.09 bits per heavy atom. The van der Waals surface area contributed by atoms with Gasteiger partial charge in [-0.2, -0.15) is 0 Å². The number of nitrogens with one attached hydrogen (secondary N) is 6. The fourth-order valence-corrected chi connectivity index (χ4v) is 14.3. The van der Waals surface area contributed by atoms with Gasteiger partial charge in [-0.3, -0.25) is 43.7 Å². The molecule has 0 saturated heterocycles. The predicted octanol–water partition coefficient (Wildman–Crippen LogP) is 11.5. The van der Waals surface area contributed by atoms with Crippen LogP contribution in [0.5, 0.6) is 0 Å². The molecule has 5 fully saturated rings. The molecule has 12 N–H and O–H groups in total. The second-order valence-electron chi connectivity index (χ2n) is 27.1. The van der Waals surface area contributed by atoms with Crippen molar-refractivity contribution in [2.75, 3.05) is 35.6 Å². The van der Waals surface area contributed by atoms with Crippen LogP contribution in [-0.2, 0) is 45.0 Å². The molecule has 5 aliphatic carbocycles. The van der Waals surface area contributed by atoms with Crippen LogP contribution in [0.15, 0.2) is 146 Å². The topological polar surface area (TPSA) is 291 Å². The Morgan fingerprint density at radius 1 is 0.453 bits per heavy atom. The van der Waals surface area contributed by atoms with Gasteiger partial charge < -0.3 is 49.1 Å². The zero-order chi connectivity index (χ0) is 67.5. The molecule has 0 aliphatic heterocycles. The number of amides is 6. The molecule has 6 amide bonds. The van der Waals surface area contributed by atoms with Crippen molar-refractivity contribution in [2.45, 2.75) is 164 Å². The van der Waals surface area contributed by atoms with Crippen LogP contribution in [0.3, 0.4) is 0 Å². The number of nitrogens with zero attached hydrogens (tertiary/aromatic N) is 3. The quantitative estimate of drug-likeness (QED) is 0.0325. The molecule has 11 rings (SSSR count). The van der Waals surface area contributed by atoms with Crippen LogP contribution >= 0.6 is 23.2 Å². The number of hydrogen-bond donors (Lipinski definition) is 9. The summed E-state index contributed by atoms with van der Waals surface area (Å²) in [5.74, 6) is 0.724. The average molecular weight is 1340 g/mol. The highest BCUT2D eigenvalue weighted by atomic mass is 35.5. The molecule has 95 heavy (non-hydrogen) atoms. The first-order chi connectivity index (χ1) is 45.7. The monoisotopic (exact) mass is 1330 g/mol. The Balaban J connectivity index is 0.000000168. The van der Waals surface area contributed by atoms with Crippen LogP contribution in [0.2, 0.25) is 10.0 Å². The second-order valence-corrected chi connectivity index (χ2v) is 28.0. The van der Waals surface area contributed by atoms with E-state index in [1.54, 1.807) is 97.8 Å². The lowest BCUT2D eigenvalue weighted by Crippen LogP contribution is -2.49. The number of carbonyl (C=O) groups is 6. The van der Waals surface area contributed by atoms with E-state index >= 15 is 0 Å². The summed E-state index contributed by atoms with van der Waals surface area (Å²) in [7, 11) is 0. The van der Waals surface area contributed by atoms with Crippen molar-refractivity contribution in [3.63, 3.8) is 0 Å². The normalized spacial score (nSPS) is 22.0. The Morgan fingerprint density at radius 2 is 0.758 bits per heavy atom. The Bertz CT molecular complexity index is 3310. The molecule has 3 aromatic heterocycles. The van der Waals surface area contributed by atoms with Crippen LogP contribution in [-0.4, -0.2) is 88.2 Å². The van der Waals surface area contributed by atoms with Gasteiger partial charge in [0.25, 0.3) is 0 Å². The van der Waals surface area contributed by atoms with Crippen molar-refractivity contribution in [1.29, 1.82) is 0 Å². The molecule has 0 radical (unpaired) electrons. The number of rotatable bonds is 21. The number of pyridine rings is 3. The first-order valence-corrected chi connectivity index (χ1v) is 34.5. The first kappa shape index (κ1) is 71.6. The summed E-state index contributed by atoms with van der Waals surface area (Å²) in [5, 5.41) is 19.4. The number of halogens is 3. The maximum Gasteiger partial charge on any atom is 0.230 e. The number of benzene rings is 3. The van der Waals surface area contributed by atoms with Crippen molar-refractivity contribution in [3.8, 4) is 0 Å². The fraction of sp³-hybridized carbons (Fsp3) is 0.473. The van der Waals surface area contributed by atoms with Gasteiger partial charge in [0.05, 0.1) is 16.2 Å². The number of anilines is 3. The second kappa shape index (κ2) is 33.8. The SMILES string of the molecule is CC(C)(C(=O)NCC(N)C1CCC(C(=O)Nc2ccncc2)CC1)c1ccc(Cl)cc1.NC(CNC(=O)C1(c2ccc(Cl)cc2)CC1)C1CCC(C(=O)Nc2ccncc2)CC1.NC(CNC(=O)C1(c2ccc(F)cc2)CCCC1)C1CCC(C(=O)Nc2ccncc2)CC1. The highest BCUT2D eigenvalue weighted by Crippen LogP contribution is 2.49. The average Bonchev–Trinajstić information content (AvgIpc) is 1.61. The van der Waals surface area contributed by atoms with Crippen LogP contribution in [0.25, 0.3) is 0 Å². The third-order valence-corrected chi connectivity index (χ3v) is 21.1. The molecular weight excluding hydrogens is 1240 g/mol. The van der Waals surface area contributed by atoms with Gasteiger partial charge in [0.2, 0.25) is 35.4 Å². The summed E-state index contributed by atoms with van der Waals surface area (Å²) in [4.78, 5) is 88.3. The molecule has 3 atom stereocenters. The molecule has 5 saturated carbocycles. The van der Waals surface area contributed by atoms with Crippen LogP contribution in [0, 0.1) is 41.3 Å². The van der Waals surface area contributed by atoms with Crippen molar-refractivity contribution >= 4 is 75.7 Å². The molecule has 3 heterocycles. The van der Waals surface area contributed by atoms with E-state index in [1.165, 1.54) is 12.1 Å². The van der Waals surface area contributed by atoms with Gasteiger partial charge in [0, 0.05) is 120 Å². The minimum atomic E-state index is -0.674. The van der Waals surface area contributed by atoms with E-state index in [2.05, 4.69) is 46.9 Å². The molecule has 0 spiro atoms. The minimum Gasteiger partial charge on any atom is -0.354 e. The Labute approximate surface area is 567 Å². The highest BCUT2D eigenvalue weighted by molar-refractivity contribution is 6.30.